The minimum absolute atomic E-state index is 0.0927. The highest BCUT2D eigenvalue weighted by Gasteiger charge is 2.18. The smallest absolute Gasteiger partial charge is 0.306 e. The van der Waals surface area contributed by atoms with Crippen LogP contribution in [-0.4, -0.2) is 37.9 Å². The zero-order valence-electron chi connectivity index (χ0n) is 47.8. The van der Waals surface area contributed by atoms with E-state index in [1.54, 1.807) is 0 Å². The minimum atomic E-state index is -0.532. The normalized spacial score (nSPS) is 12.2. The Bertz CT molecular complexity index is 1070. The maximum absolute atomic E-state index is 12.9. The second-order valence-corrected chi connectivity index (χ2v) is 21.7. The fourth-order valence-corrected chi connectivity index (χ4v) is 9.72. The van der Waals surface area contributed by atoms with Crippen LogP contribution in [0.5, 0.6) is 0 Å². The molecular weight excluding hydrogens is 861 g/mol. The monoisotopic (exact) mass is 985 g/mol. The molecule has 0 aromatic heterocycles. The van der Waals surface area contributed by atoms with Crippen LogP contribution in [-0.2, 0) is 23.8 Å². The van der Waals surface area contributed by atoms with Crippen molar-refractivity contribution in [3.63, 3.8) is 0 Å². The van der Waals surface area contributed by atoms with E-state index in [0.717, 1.165) is 38.5 Å². The van der Waals surface area contributed by atoms with Crippen molar-refractivity contribution < 1.29 is 23.8 Å². The molecule has 5 nitrogen and oxygen atoms in total. The van der Waals surface area contributed by atoms with Gasteiger partial charge in [-0.25, -0.2) is 0 Å². The van der Waals surface area contributed by atoms with E-state index in [4.69, 9.17) is 14.2 Å². The minimum Gasteiger partial charge on any atom is -0.462 e. The molecule has 0 N–H and O–H groups in total. The molecule has 0 saturated heterocycles. The van der Waals surface area contributed by atoms with Crippen LogP contribution >= 0.6 is 0 Å². The first-order valence-corrected chi connectivity index (χ1v) is 31.9. The van der Waals surface area contributed by atoms with Crippen LogP contribution in [0.2, 0.25) is 0 Å². The van der Waals surface area contributed by atoms with Crippen LogP contribution in [0.25, 0.3) is 0 Å². The van der Waals surface area contributed by atoms with Gasteiger partial charge in [0.05, 0.1) is 6.61 Å². The van der Waals surface area contributed by atoms with E-state index in [1.165, 1.54) is 283 Å². The number of hydrogen-bond donors (Lipinski definition) is 0. The van der Waals surface area contributed by atoms with E-state index >= 15 is 0 Å². The molecule has 0 heterocycles. The Hall–Kier alpha value is -1.62. The number of hydrogen-bond acceptors (Lipinski definition) is 5. The van der Waals surface area contributed by atoms with Gasteiger partial charge in [-0.3, -0.25) is 9.59 Å². The van der Waals surface area contributed by atoms with Gasteiger partial charge in [-0.15, -0.1) is 0 Å². The van der Waals surface area contributed by atoms with Gasteiger partial charge in [0.25, 0.3) is 0 Å². The Balaban J connectivity index is 4.21. The first kappa shape index (κ1) is 68.4. The van der Waals surface area contributed by atoms with Crippen LogP contribution < -0.4 is 0 Å². The summed E-state index contributed by atoms with van der Waals surface area (Å²) in [6.07, 6.45) is 75.0. The molecule has 0 spiro atoms. The molecule has 0 aliphatic carbocycles. The highest BCUT2D eigenvalue weighted by molar-refractivity contribution is 5.70. The molecule has 0 unspecified atom stereocenters. The van der Waals surface area contributed by atoms with Crippen LogP contribution in [0.15, 0.2) is 24.3 Å². The molecule has 414 valence electrons. The maximum atomic E-state index is 12.9. The molecule has 0 bridgehead atoms. The van der Waals surface area contributed by atoms with Gasteiger partial charge in [-0.2, -0.15) is 0 Å². The lowest BCUT2D eigenvalue weighted by atomic mass is 10.0. The van der Waals surface area contributed by atoms with Gasteiger partial charge in [0.15, 0.2) is 6.10 Å². The second kappa shape index (κ2) is 61.7. The lowest BCUT2D eigenvalue weighted by Crippen LogP contribution is -2.30. The standard InChI is InChI=1S/C65H124O5/c1-4-7-10-13-16-19-22-25-28-31-33-35-37-40-43-46-49-52-55-58-64(66)69-62-63(61-68-60-57-54-51-48-45-42-39-30-27-24-21-18-15-12-9-6-3)70-65(67)59-56-53-50-47-44-41-38-36-34-32-29-26-23-20-17-14-11-8-5-2/h17,20,26,29,63H,4-16,18-19,21-25,27-28,30-62H2,1-3H3/b20-17-,29-26-/t63-/m1/s1. The zero-order chi connectivity index (χ0) is 50.6. The predicted molar refractivity (Wildman–Crippen MR) is 307 cm³/mol. The van der Waals surface area contributed by atoms with Crippen LogP contribution in [0, 0.1) is 0 Å². The van der Waals surface area contributed by atoms with Gasteiger partial charge in [0, 0.05) is 19.4 Å². The molecule has 0 rings (SSSR count). The van der Waals surface area contributed by atoms with Gasteiger partial charge in [-0.1, -0.05) is 315 Å². The van der Waals surface area contributed by atoms with Crippen molar-refractivity contribution in [1.29, 1.82) is 0 Å². The second-order valence-electron chi connectivity index (χ2n) is 21.7. The summed E-state index contributed by atoms with van der Waals surface area (Å²) in [6, 6.07) is 0. The summed E-state index contributed by atoms with van der Waals surface area (Å²) in [5.74, 6) is -0.373. The van der Waals surface area contributed by atoms with E-state index in [-0.39, 0.29) is 18.5 Å². The summed E-state index contributed by atoms with van der Waals surface area (Å²) in [5, 5.41) is 0. The molecule has 0 aromatic carbocycles. The van der Waals surface area contributed by atoms with Crippen molar-refractivity contribution in [2.24, 2.45) is 0 Å². The third kappa shape index (κ3) is 58.9. The first-order valence-electron chi connectivity index (χ1n) is 31.9. The third-order valence-corrected chi connectivity index (χ3v) is 14.5. The number of ether oxygens (including phenoxy) is 3. The predicted octanol–water partition coefficient (Wildman–Crippen LogP) is 21.9. The van der Waals surface area contributed by atoms with Gasteiger partial charge < -0.3 is 14.2 Å². The molecule has 0 aliphatic heterocycles. The molecule has 1 atom stereocenters. The maximum Gasteiger partial charge on any atom is 0.306 e. The van der Waals surface area contributed by atoms with E-state index in [0.29, 0.717) is 26.1 Å². The zero-order valence-corrected chi connectivity index (χ0v) is 47.8. The van der Waals surface area contributed by atoms with Gasteiger partial charge in [0.2, 0.25) is 0 Å². The Morgan fingerprint density at radius 1 is 0.314 bits per heavy atom. The molecule has 0 aromatic rings. The van der Waals surface area contributed by atoms with Gasteiger partial charge in [0.1, 0.15) is 6.61 Å². The SMILES string of the molecule is CCCCC/C=C\C/C=C\CCCCCCCCCCCC(=O)O[C@H](COCCCCCCCCCCCCCCCCCC)COC(=O)CCCCCCCCCCCCCCCCCCCCC. The number of rotatable bonds is 60. The fourth-order valence-electron chi connectivity index (χ4n) is 9.72. The van der Waals surface area contributed by atoms with Crippen LogP contribution in [0.4, 0.5) is 0 Å². The van der Waals surface area contributed by atoms with Crippen molar-refractivity contribution in [2.75, 3.05) is 19.8 Å². The third-order valence-electron chi connectivity index (χ3n) is 14.5. The lowest BCUT2D eigenvalue weighted by molar-refractivity contribution is -0.163. The van der Waals surface area contributed by atoms with Crippen molar-refractivity contribution in [3.8, 4) is 0 Å². The van der Waals surface area contributed by atoms with Crippen LogP contribution in [0.1, 0.15) is 355 Å². The highest BCUT2D eigenvalue weighted by Crippen LogP contribution is 2.18. The molecule has 0 fully saturated rings. The fraction of sp³-hybridized carbons (Fsp3) is 0.908. The topological polar surface area (TPSA) is 61.8 Å². The number of esters is 2. The average molecular weight is 986 g/mol. The summed E-state index contributed by atoms with van der Waals surface area (Å²) in [7, 11) is 0. The van der Waals surface area contributed by atoms with Crippen molar-refractivity contribution >= 4 is 11.9 Å². The van der Waals surface area contributed by atoms with Gasteiger partial charge in [-0.05, 0) is 51.4 Å². The number of carbonyl (C=O) groups is 2. The summed E-state index contributed by atoms with van der Waals surface area (Å²) in [5.41, 5.74) is 0. The van der Waals surface area contributed by atoms with Gasteiger partial charge >= 0.3 is 11.9 Å². The molecule has 0 amide bonds. The van der Waals surface area contributed by atoms with Crippen molar-refractivity contribution in [1.82, 2.24) is 0 Å². The molecule has 0 saturated carbocycles. The Kier molecular flexibility index (Phi) is 60.3. The Morgan fingerprint density at radius 2 is 0.600 bits per heavy atom. The van der Waals surface area contributed by atoms with Crippen LogP contribution in [0.3, 0.4) is 0 Å². The molecule has 70 heavy (non-hydrogen) atoms. The first-order chi connectivity index (χ1) is 34.6. The summed E-state index contributed by atoms with van der Waals surface area (Å²) in [6.45, 7) is 7.89. The average Bonchev–Trinajstić information content (AvgIpc) is 3.36. The van der Waals surface area contributed by atoms with Crippen molar-refractivity contribution in [3.05, 3.63) is 24.3 Å². The molecule has 0 radical (unpaired) electrons. The number of carbonyl (C=O) groups excluding carboxylic acids is 2. The number of allylic oxidation sites excluding steroid dienone is 4. The molecule has 5 heteroatoms. The number of unbranched alkanes of at least 4 members (excludes halogenated alkanes) is 45. The molecule has 0 aliphatic rings. The summed E-state index contributed by atoms with van der Waals surface area (Å²) >= 11 is 0. The summed E-state index contributed by atoms with van der Waals surface area (Å²) in [4.78, 5) is 25.6. The summed E-state index contributed by atoms with van der Waals surface area (Å²) < 4.78 is 17.6. The van der Waals surface area contributed by atoms with E-state index in [9.17, 15) is 9.59 Å². The Labute approximate surface area is 438 Å². The van der Waals surface area contributed by atoms with E-state index < -0.39 is 6.10 Å². The largest absolute Gasteiger partial charge is 0.462 e. The Morgan fingerprint density at radius 3 is 0.971 bits per heavy atom. The van der Waals surface area contributed by atoms with E-state index in [2.05, 4.69) is 45.1 Å². The van der Waals surface area contributed by atoms with E-state index in [1.807, 2.05) is 0 Å². The van der Waals surface area contributed by atoms with Crippen molar-refractivity contribution in [2.45, 2.75) is 361 Å². The lowest BCUT2D eigenvalue weighted by Gasteiger charge is -2.18. The highest BCUT2D eigenvalue weighted by atomic mass is 16.6. The quantitative estimate of drug-likeness (QED) is 0.0345. The molecular formula is C65H124O5.